The molecule has 0 fully saturated rings. The van der Waals surface area contributed by atoms with Gasteiger partial charge in [-0.15, -0.1) is 0 Å². The number of aromatic nitrogens is 2. The molecule has 1 aromatic heterocycles. The molecule has 1 atom stereocenters. The van der Waals surface area contributed by atoms with Gasteiger partial charge in [0.25, 0.3) is 0 Å². The van der Waals surface area contributed by atoms with Gasteiger partial charge in [0.05, 0.1) is 12.3 Å². The first-order chi connectivity index (χ1) is 9.92. The van der Waals surface area contributed by atoms with E-state index in [1.54, 1.807) is 0 Å². The van der Waals surface area contributed by atoms with Crippen LogP contribution >= 0.6 is 0 Å². The van der Waals surface area contributed by atoms with Crippen LogP contribution in [-0.4, -0.2) is 16.6 Å². The molecular weight excluding hydrogens is 262 g/mol. The van der Waals surface area contributed by atoms with E-state index < -0.39 is 0 Å². The highest BCUT2D eigenvalue weighted by Gasteiger charge is 2.30. The summed E-state index contributed by atoms with van der Waals surface area (Å²) in [5, 5.41) is 0. The molecule has 0 aliphatic heterocycles. The summed E-state index contributed by atoms with van der Waals surface area (Å²) in [7, 11) is 0. The predicted octanol–water partition coefficient (Wildman–Crippen LogP) is 3.85. The first kappa shape index (κ1) is 15.5. The van der Waals surface area contributed by atoms with Crippen LogP contribution in [0.4, 0.5) is 5.95 Å². The van der Waals surface area contributed by atoms with Crippen molar-refractivity contribution in [1.29, 1.82) is 0 Å². The van der Waals surface area contributed by atoms with Gasteiger partial charge in [-0.05, 0) is 38.2 Å². The third-order valence-electron chi connectivity index (χ3n) is 4.08. The Morgan fingerprint density at radius 3 is 2.86 bits per heavy atom. The van der Waals surface area contributed by atoms with Crippen molar-refractivity contribution in [3.8, 4) is 5.88 Å². The van der Waals surface area contributed by atoms with Gasteiger partial charge < -0.3 is 10.5 Å². The van der Waals surface area contributed by atoms with Crippen molar-refractivity contribution >= 4 is 12.0 Å². The summed E-state index contributed by atoms with van der Waals surface area (Å²) in [5.41, 5.74) is 8.22. The van der Waals surface area contributed by atoms with Crippen molar-refractivity contribution in [2.75, 3.05) is 12.3 Å². The van der Waals surface area contributed by atoms with Gasteiger partial charge in [0.15, 0.2) is 0 Å². The van der Waals surface area contributed by atoms with Crippen LogP contribution in [-0.2, 0) is 0 Å². The number of nitrogens with zero attached hydrogens (tertiary/aromatic N) is 2. The van der Waals surface area contributed by atoms with E-state index in [0.717, 1.165) is 12.1 Å². The van der Waals surface area contributed by atoms with Gasteiger partial charge in [0.1, 0.15) is 0 Å². The SMILES string of the molecule is CCOc1cc(/C=C/C2C(C)=CCCC2(C)C)nc(N)n1. The number of rotatable bonds is 4. The van der Waals surface area contributed by atoms with Crippen molar-refractivity contribution in [1.82, 2.24) is 9.97 Å². The second-order valence-corrected chi connectivity index (χ2v) is 6.23. The summed E-state index contributed by atoms with van der Waals surface area (Å²) in [4.78, 5) is 8.31. The number of nitrogens with two attached hydrogens (primary N) is 1. The van der Waals surface area contributed by atoms with E-state index >= 15 is 0 Å². The minimum absolute atomic E-state index is 0.246. The molecule has 0 bridgehead atoms. The highest BCUT2D eigenvalue weighted by atomic mass is 16.5. The third kappa shape index (κ3) is 3.84. The first-order valence-electron chi connectivity index (χ1n) is 7.54. The lowest BCUT2D eigenvalue weighted by Crippen LogP contribution is -2.26. The summed E-state index contributed by atoms with van der Waals surface area (Å²) in [6.45, 7) is 9.33. The molecular formula is C17H25N3O. The lowest BCUT2D eigenvalue weighted by molar-refractivity contribution is 0.256. The first-order valence-corrected chi connectivity index (χ1v) is 7.54. The summed E-state index contributed by atoms with van der Waals surface area (Å²) < 4.78 is 5.40. The zero-order valence-corrected chi connectivity index (χ0v) is 13.4. The molecule has 4 heteroatoms. The molecule has 1 heterocycles. The van der Waals surface area contributed by atoms with Crippen LogP contribution in [0.15, 0.2) is 23.8 Å². The maximum atomic E-state index is 5.73. The van der Waals surface area contributed by atoms with E-state index in [0.29, 0.717) is 18.4 Å². The largest absolute Gasteiger partial charge is 0.478 e. The summed E-state index contributed by atoms with van der Waals surface area (Å²) in [6.07, 6.45) is 8.95. The number of hydrogen-bond donors (Lipinski definition) is 1. The van der Waals surface area contributed by atoms with Crippen LogP contribution in [0.3, 0.4) is 0 Å². The Hall–Kier alpha value is -1.84. The fraction of sp³-hybridized carbons (Fsp3) is 0.529. The van der Waals surface area contributed by atoms with Crippen LogP contribution in [0.1, 0.15) is 46.2 Å². The maximum absolute atomic E-state index is 5.73. The topological polar surface area (TPSA) is 61.0 Å². The molecule has 0 saturated carbocycles. The molecule has 2 N–H and O–H groups in total. The molecule has 0 spiro atoms. The van der Waals surface area contributed by atoms with Gasteiger partial charge >= 0.3 is 0 Å². The van der Waals surface area contributed by atoms with Crippen LogP contribution in [0, 0.1) is 11.3 Å². The van der Waals surface area contributed by atoms with Crippen LogP contribution in [0.2, 0.25) is 0 Å². The lowest BCUT2D eigenvalue weighted by atomic mass is 9.68. The molecule has 0 amide bonds. The molecule has 0 saturated heterocycles. The van der Waals surface area contributed by atoms with Crippen molar-refractivity contribution in [2.45, 2.75) is 40.5 Å². The second kappa shape index (κ2) is 6.29. The zero-order chi connectivity index (χ0) is 15.5. The normalized spacial score (nSPS) is 21.3. The van der Waals surface area contributed by atoms with Crippen molar-refractivity contribution in [3.05, 3.63) is 29.5 Å². The van der Waals surface area contributed by atoms with Gasteiger partial charge in [-0.1, -0.05) is 31.6 Å². The van der Waals surface area contributed by atoms with Gasteiger partial charge in [-0.3, -0.25) is 0 Å². The lowest BCUT2D eigenvalue weighted by Gasteiger charge is -2.36. The van der Waals surface area contributed by atoms with E-state index in [4.69, 9.17) is 10.5 Å². The molecule has 2 rings (SSSR count). The van der Waals surface area contributed by atoms with Crippen molar-refractivity contribution in [3.63, 3.8) is 0 Å². The molecule has 1 aliphatic rings. The average molecular weight is 287 g/mol. The molecule has 1 aliphatic carbocycles. The van der Waals surface area contributed by atoms with Crippen LogP contribution < -0.4 is 10.5 Å². The van der Waals surface area contributed by atoms with Crippen molar-refractivity contribution in [2.24, 2.45) is 11.3 Å². The number of nitrogen functional groups attached to an aromatic ring is 1. The smallest absolute Gasteiger partial charge is 0.223 e. The Balaban J connectivity index is 2.24. The highest BCUT2D eigenvalue weighted by molar-refractivity contribution is 5.49. The predicted molar refractivity (Wildman–Crippen MR) is 86.9 cm³/mol. The quantitative estimate of drug-likeness (QED) is 0.854. The van der Waals surface area contributed by atoms with Gasteiger partial charge in [0.2, 0.25) is 11.8 Å². The number of hydrogen-bond acceptors (Lipinski definition) is 4. The van der Waals surface area contributed by atoms with E-state index in [9.17, 15) is 0 Å². The molecule has 1 aromatic rings. The zero-order valence-electron chi connectivity index (χ0n) is 13.4. The van der Waals surface area contributed by atoms with Crippen LogP contribution in [0.25, 0.3) is 6.08 Å². The molecule has 0 radical (unpaired) electrons. The Bertz CT molecular complexity index is 561. The maximum Gasteiger partial charge on any atom is 0.223 e. The second-order valence-electron chi connectivity index (χ2n) is 6.23. The van der Waals surface area contributed by atoms with E-state index in [1.165, 1.54) is 12.0 Å². The average Bonchev–Trinajstić information content (AvgIpc) is 2.37. The minimum atomic E-state index is 0.246. The Morgan fingerprint density at radius 2 is 2.19 bits per heavy atom. The number of ether oxygens (including phenoxy) is 1. The molecule has 114 valence electrons. The molecule has 1 unspecified atom stereocenters. The van der Waals surface area contributed by atoms with E-state index in [2.05, 4.69) is 42.9 Å². The Morgan fingerprint density at radius 1 is 1.43 bits per heavy atom. The Kier molecular flexibility index (Phi) is 4.66. The van der Waals surface area contributed by atoms with Gasteiger partial charge in [-0.25, -0.2) is 4.98 Å². The number of anilines is 1. The summed E-state index contributed by atoms with van der Waals surface area (Å²) in [6, 6.07) is 1.82. The van der Waals surface area contributed by atoms with E-state index in [1.807, 2.05) is 19.1 Å². The summed E-state index contributed by atoms with van der Waals surface area (Å²) >= 11 is 0. The fourth-order valence-corrected chi connectivity index (χ4v) is 2.95. The molecule has 4 nitrogen and oxygen atoms in total. The van der Waals surface area contributed by atoms with E-state index in [-0.39, 0.29) is 11.4 Å². The van der Waals surface area contributed by atoms with Gasteiger partial charge in [-0.2, -0.15) is 4.98 Å². The summed E-state index contributed by atoms with van der Waals surface area (Å²) in [5.74, 6) is 1.20. The Labute approximate surface area is 127 Å². The third-order valence-corrected chi connectivity index (χ3v) is 4.08. The number of allylic oxidation sites excluding steroid dienone is 3. The monoisotopic (exact) mass is 287 g/mol. The highest BCUT2D eigenvalue weighted by Crippen LogP contribution is 2.41. The molecule has 21 heavy (non-hydrogen) atoms. The molecule has 0 aromatic carbocycles. The fourth-order valence-electron chi connectivity index (χ4n) is 2.95. The van der Waals surface area contributed by atoms with Gasteiger partial charge in [0, 0.05) is 12.0 Å². The van der Waals surface area contributed by atoms with Crippen LogP contribution in [0.5, 0.6) is 5.88 Å². The van der Waals surface area contributed by atoms with Crippen molar-refractivity contribution < 1.29 is 4.74 Å². The minimum Gasteiger partial charge on any atom is -0.478 e. The standard InChI is InChI=1S/C17H25N3O/c1-5-21-15-11-13(19-16(18)20-15)8-9-14-12(2)7-6-10-17(14,3)4/h7-9,11,14H,5-6,10H2,1-4H3,(H2,18,19,20)/b9-8+.